The largest absolute Gasteiger partial charge is 0.310 e. The molecule has 2 aliphatic rings. The number of anilines is 3. The molecule has 0 aliphatic heterocycles. The topological polar surface area (TPSA) is 8.17 Å². The van der Waals surface area contributed by atoms with Crippen LogP contribution in [0.2, 0.25) is 0 Å². The summed E-state index contributed by atoms with van der Waals surface area (Å²) >= 11 is 0. The van der Waals surface area contributed by atoms with Crippen LogP contribution in [0.1, 0.15) is 49.9 Å². The minimum Gasteiger partial charge on any atom is -0.310 e. The van der Waals surface area contributed by atoms with Crippen LogP contribution in [0.5, 0.6) is 0 Å². The van der Waals surface area contributed by atoms with Gasteiger partial charge in [0, 0.05) is 44.4 Å². The van der Waals surface area contributed by atoms with Crippen LogP contribution in [0.15, 0.2) is 255 Å². The molecule has 0 amide bonds. The molecule has 0 saturated carbocycles. The molecular formula is C72H54N2. The van der Waals surface area contributed by atoms with Crippen LogP contribution in [0.3, 0.4) is 0 Å². The monoisotopic (exact) mass is 946 g/mol. The molecular weight excluding hydrogens is 893 g/mol. The lowest BCUT2D eigenvalue weighted by Gasteiger charge is -2.26. The minimum absolute atomic E-state index is 0.112. The van der Waals surface area contributed by atoms with E-state index in [-0.39, 0.29) is 10.8 Å². The first kappa shape index (κ1) is 43.8. The number of fused-ring (bicyclic) bond motifs is 9. The summed E-state index contributed by atoms with van der Waals surface area (Å²) in [5.74, 6) is 0. The Hall–Kier alpha value is -8.98. The minimum atomic E-state index is -0.112. The third-order valence-corrected chi connectivity index (χ3v) is 16.4. The van der Waals surface area contributed by atoms with Gasteiger partial charge in [-0.1, -0.05) is 204 Å². The van der Waals surface area contributed by atoms with Crippen molar-refractivity contribution < 1.29 is 0 Å². The van der Waals surface area contributed by atoms with Gasteiger partial charge < -0.3 is 9.47 Å². The predicted molar refractivity (Wildman–Crippen MR) is 312 cm³/mol. The highest BCUT2D eigenvalue weighted by atomic mass is 15.1. The van der Waals surface area contributed by atoms with Crippen molar-refractivity contribution in [3.63, 3.8) is 0 Å². The SMILES string of the molecule is CC1(C)c2ccccc2-c2cc3c4cc5c(cc4n(-c4ccc(-c6cccc(-c7cccc(N(c8ccc(-c9ccccc9)cc8)c8ccc(-c9ccccc9)cc8)c7)c6)cc4)c3cc21)C(C)(C)c1ccccc1-5. The fraction of sp³-hybridized carbons (Fsp3) is 0.0833. The summed E-state index contributed by atoms with van der Waals surface area (Å²) in [5, 5.41) is 2.59. The molecule has 14 rings (SSSR count). The van der Waals surface area contributed by atoms with E-state index in [2.05, 4.69) is 292 Å². The molecule has 74 heavy (non-hydrogen) atoms. The van der Waals surface area contributed by atoms with Crippen LogP contribution in [-0.4, -0.2) is 4.57 Å². The summed E-state index contributed by atoms with van der Waals surface area (Å²) in [7, 11) is 0. The summed E-state index contributed by atoms with van der Waals surface area (Å²) in [5.41, 5.74) is 27.2. The van der Waals surface area contributed by atoms with Crippen LogP contribution in [0, 0.1) is 0 Å². The van der Waals surface area contributed by atoms with Gasteiger partial charge in [0.15, 0.2) is 0 Å². The van der Waals surface area contributed by atoms with E-state index in [9.17, 15) is 0 Å². The second-order valence-electron chi connectivity index (χ2n) is 21.3. The third kappa shape index (κ3) is 6.93. The number of nitrogens with zero attached hydrogens (tertiary/aromatic N) is 2. The van der Waals surface area contributed by atoms with E-state index in [1.54, 1.807) is 0 Å². The highest BCUT2D eigenvalue weighted by molar-refractivity contribution is 6.13. The molecule has 0 fully saturated rings. The maximum absolute atomic E-state index is 2.53. The molecule has 0 unspecified atom stereocenters. The normalized spacial score (nSPS) is 13.6. The quantitative estimate of drug-likeness (QED) is 0.147. The number of rotatable bonds is 8. The zero-order valence-corrected chi connectivity index (χ0v) is 42.1. The average molecular weight is 947 g/mol. The van der Waals surface area contributed by atoms with Gasteiger partial charge in [-0.3, -0.25) is 0 Å². The molecule has 0 radical (unpaired) electrons. The second kappa shape index (κ2) is 16.8. The van der Waals surface area contributed by atoms with E-state index in [1.165, 1.54) is 105 Å². The molecule has 2 heteroatoms. The smallest absolute Gasteiger partial charge is 0.0544 e. The fourth-order valence-electron chi connectivity index (χ4n) is 12.5. The molecule has 352 valence electrons. The lowest BCUT2D eigenvalue weighted by molar-refractivity contribution is 0.660. The van der Waals surface area contributed by atoms with Crippen molar-refractivity contribution in [2.75, 3.05) is 4.90 Å². The standard InChI is InChI=1S/C72H54N2/c1-71(2)65-27-13-11-25-59(65)61-43-63-64-44-62-60-26-12-14-28-66(60)72(3,4)68(62)46-70(64)74(69(63)45-67(61)71)57-39-33-51(34-40-57)52-21-15-22-53(41-52)54-23-16-24-58(42-54)73(55-35-29-49(30-36-55)47-17-7-5-8-18-47)56-37-31-50(32-38-56)48-19-9-6-10-20-48/h5-46H,1-4H3. The van der Waals surface area contributed by atoms with Crippen molar-refractivity contribution in [1.82, 2.24) is 4.57 Å². The summed E-state index contributed by atoms with van der Waals surface area (Å²) in [4.78, 5) is 2.37. The van der Waals surface area contributed by atoms with Crippen LogP contribution in [0.4, 0.5) is 17.1 Å². The lowest BCUT2D eigenvalue weighted by Crippen LogP contribution is -2.15. The van der Waals surface area contributed by atoms with E-state index in [0.29, 0.717) is 0 Å². The molecule has 1 aromatic heterocycles. The molecule has 11 aromatic carbocycles. The predicted octanol–water partition coefficient (Wildman–Crippen LogP) is 19.5. The Morgan fingerprint density at radius 1 is 0.270 bits per heavy atom. The zero-order chi connectivity index (χ0) is 49.7. The maximum Gasteiger partial charge on any atom is 0.0544 e. The number of hydrogen-bond donors (Lipinski definition) is 0. The Balaban J connectivity index is 0.845. The summed E-state index contributed by atoms with van der Waals surface area (Å²) in [6.07, 6.45) is 0. The number of hydrogen-bond acceptors (Lipinski definition) is 1. The first-order valence-electron chi connectivity index (χ1n) is 26.0. The molecule has 0 N–H and O–H groups in total. The highest BCUT2D eigenvalue weighted by Gasteiger charge is 2.38. The number of benzene rings is 11. The summed E-state index contributed by atoms with van der Waals surface area (Å²) < 4.78 is 2.53. The van der Waals surface area contributed by atoms with Gasteiger partial charge in [-0.05, 0) is 168 Å². The van der Waals surface area contributed by atoms with E-state index >= 15 is 0 Å². The van der Waals surface area contributed by atoms with E-state index in [1.807, 2.05) is 0 Å². The van der Waals surface area contributed by atoms with Crippen molar-refractivity contribution in [2.24, 2.45) is 0 Å². The van der Waals surface area contributed by atoms with E-state index in [4.69, 9.17) is 0 Å². The highest BCUT2D eigenvalue weighted by Crippen LogP contribution is 2.54. The first-order valence-corrected chi connectivity index (χ1v) is 26.0. The van der Waals surface area contributed by atoms with E-state index in [0.717, 1.165) is 28.3 Å². The molecule has 2 aliphatic carbocycles. The summed E-state index contributed by atoms with van der Waals surface area (Å²) in [6, 6.07) is 94.3. The summed E-state index contributed by atoms with van der Waals surface area (Å²) in [6.45, 7) is 9.54. The Morgan fingerprint density at radius 3 is 1.15 bits per heavy atom. The first-order chi connectivity index (χ1) is 36.2. The zero-order valence-electron chi connectivity index (χ0n) is 42.1. The van der Waals surface area contributed by atoms with Crippen LogP contribution < -0.4 is 4.90 Å². The molecule has 0 bridgehead atoms. The van der Waals surface area contributed by atoms with Crippen molar-refractivity contribution in [1.29, 1.82) is 0 Å². The van der Waals surface area contributed by atoms with Gasteiger partial charge >= 0.3 is 0 Å². The van der Waals surface area contributed by atoms with Crippen molar-refractivity contribution in [3.8, 4) is 72.4 Å². The van der Waals surface area contributed by atoms with Crippen LogP contribution in [0.25, 0.3) is 94.3 Å². The van der Waals surface area contributed by atoms with Gasteiger partial charge in [-0.25, -0.2) is 0 Å². The van der Waals surface area contributed by atoms with E-state index < -0.39 is 0 Å². The fourth-order valence-corrected chi connectivity index (χ4v) is 12.5. The Labute approximate surface area is 434 Å². The Morgan fingerprint density at radius 2 is 0.649 bits per heavy atom. The van der Waals surface area contributed by atoms with Gasteiger partial charge in [0.1, 0.15) is 0 Å². The molecule has 1 heterocycles. The van der Waals surface area contributed by atoms with Gasteiger partial charge in [0.25, 0.3) is 0 Å². The van der Waals surface area contributed by atoms with Gasteiger partial charge in [0.05, 0.1) is 11.0 Å². The van der Waals surface area contributed by atoms with Crippen molar-refractivity contribution in [3.05, 3.63) is 277 Å². The molecule has 2 nitrogen and oxygen atoms in total. The number of aromatic nitrogens is 1. The average Bonchev–Trinajstić information content (AvgIpc) is 4.02. The Bertz CT molecular complexity index is 3940. The Kier molecular flexibility index (Phi) is 9.94. The molecule has 12 aromatic rings. The second-order valence-corrected chi connectivity index (χ2v) is 21.3. The molecule has 0 atom stereocenters. The maximum atomic E-state index is 2.53. The van der Waals surface area contributed by atoms with Gasteiger partial charge in [-0.2, -0.15) is 0 Å². The lowest BCUT2D eigenvalue weighted by atomic mass is 9.82. The van der Waals surface area contributed by atoms with Crippen molar-refractivity contribution in [2.45, 2.75) is 38.5 Å². The van der Waals surface area contributed by atoms with Gasteiger partial charge in [0.2, 0.25) is 0 Å². The van der Waals surface area contributed by atoms with Gasteiger partial charge in [-0.15, -0.1) is 0 Å². The third-order valence-electron chi connectivity index (χ3n) is 16.4. The van der Waals surface area contributed by atoms with Crippen molar-refractivity contribution >= 4 is 38.9 Å². The van der Waals surface area contributed by atoms with Crippen LogP contribution in [-0.2, 0) is 10.8 Å². The molecule has 0 saturated heterocycles. The van der Waals surface area contributed by atoms with Crippen LogP contribution >= 0.6 is 0 Å². The molecule has 0 spiro atoms.